The molecule has 160 valence electrons. The van der Waals surface area contributed by atoms with Crippen LogP contribution in [0.15, 0.2) is 42.5 Å². The highest BCUT2D eigenvalue weighted by Gasteiger charge is 2.44. The molecule has 0 bridgehead atoms. The third kappa shape index (κ3) is 3.82. The SMILES string of the molecule is Fc1ccc(C2Nc3c(Cl)cc(OC(F)(F)F)cc3C3C=CCC32)c(C(F)(F)F)c1. The van der Waals surface area contributed by atoms with E-state index in [4.69, 9.17) is 11.6 Å². The molecule has 4 rings (SSSR count). The standard InChI is InChI=1S/C20H13ClF7NO/c21-16-8-10(30-20(26,27)28)7-14-11-2-1-3-12(11)17(29-18(14)16)13-5-4-9(22)6-15(13)19(23,24)25/h1-2,4-8,11-12,17,29H,3H2. The first-order valence-electron chi connectivity index (χ1n) is 8.83. The number of halogens is 8. The van der Waals surface area contributed by atoms with Crippen LogP contribution in [0.3, 0.4) is 0 Å². The van der Waals surface area contributed by atoms with Crippen molar-refractivity contribution in [1.29, 1.82) is 0 Å². The van der Waals surface area contributed by atoms with Gasteiger partial charge in [0.05, 0.1) is 22.3 Å². The number of benzene rings is 2. The van der Waals surface area contributed by atoms with Crippen LogP contribution in [0.4, 0.5) is 36.4 Å². The number of hydrogen-bond donors (Lipinski definition) is 1. The van der Waals surface area contributed by atoms with Crippen LogP contribution in [0.2, 0.25) is 5.02 Å². The zero-order chi connectivity index (χ0) is 21.8. The number of ether oxygens (including phenoxy) is 1. The molecule has 10 heteroatoms. The van der Waals surface area contributed by atoms with Crippen LogP contribution in [-0.4, -0.2) is 6.36 Å². The normalized spacial score (nSPS) is 23.0. The quantitative estimate of drug-likeness (QED) is 0.384. The average Bonchev–Trinajstić information content (AvgIpc) is 3.09. The Morgan fingerprint density at radius 2 is 1.73 bits per heavy atom. The molecule has 0 spiro atoms. The van der Waals surface area contributed by atoms with E-state index >= 15 is 0 Å². The number of nitrogens with one attached hydrogen (secondary N) is 1. The second-order valence-corrected chi connectivity index (χ2v) is 7.53. The van der Waals surface area contributed by atoms with Crippen molar-refractivity contribution in [2.75, 3.05) is 5.32 Å². The smallest absolute Gasteiger partial charge is 0.406 e. The minimum absolute atomic E-state index is 0.119. The van der Waals surface area contributed by atoms with Crippen molar-refractivity contribution in [1.82, 2.24) is 0 Å². The fourth-order valence-electron chi connectivity index (χ4n) is 4.18. The molecule has 3 unspecified atom stereocenters. The van der Waals surface area contributed by atoms with Crippen LogP contribution in [0.1, 0.15) is 35.1 Å². The fraction of sp³-hybridized carbons (Fsp3) is 0.300. The summed E-state index contributed by atoms with van der Waals surface area (Å²) in [6.45, 7) is 0. The van der Waals surface area contributed by atoms with Gasteiger partial charge in [-0.1, -0.05) is 29.8 Å². The lowest BCUT2D eigenvalue weighted by Gasteiger charge is -2.39. The Kier molecular flexibility index (Phi) is 4.91. The van der Waals surface area contributed by atoms with Crippen molar-refractivity contribution in [2.24, 2.45) is 5.92 Å². The van der Waals surface area contributed by atoms with Gasteiger partial charge in [-0.25, -0.2) is 4.39 Å². The lowest BCUT2D eigenvalue weighted by atomic mass is 9.76. The molecule has 30 heavy (non-hydrogen) atoms. The Bertz CT molecular complexity index is 1020. The van der Waals surface area contributed by atoms with Gasteiger partial charge in [0.1, 0.15) is 11.6 Å². The topological polar surface area (TPSA) is 21.3 Å². The number of hydrogen-bond acceptors (Lipinski definition) is 2. The number of fused-ring (bicyclic) bond motifs is 3. The third-order valence-corrected chi connectivity index (χ3v) is 5.58. The predicted octanol–water partition coefficient (Wildman–Crippen LogP) is 7.22. The zero-order valence-electron chi connectivity index (χ0n) is 14.9. The minimum atomic E-state index is -4.91. The summed E-state index contributed by atoms with van der Waals surface area (Å²) in [4.78, 5) is 0. The molecule has 0 saturated carbocycles. The van der Waals surface area contributed by atoms with E-state index in [9.17, 15) is 30.7 Å². The fourth-order valence-corrected chi connectivity index (χ4v) is 4.45. The molecule has 0 amide bonds. The van der Waals surface area contributed by atoms with E-state index in [1.54, 1.807) is 12.2 Å². The Hall–Kier alpha value is -2.42. The highest BCUT2D eigenvalue weighted by molar-refractivity contribution is 6.33. The zero-order valence-corrected chi connectivity index (χ0v) is 15.7. The second-order valence-electron chi connectivity index (χ2n) is 7.12. The van der Waals surface area contributed by atoms with E-state index in [0.717, 1.165) is 18.2 Å². The van der Waals surface area contributed by atoms with E-state index in [1.807, 2.05) is 0 Å². The maximum atomic E-state index is 13.6. The lowest BCUT2D eigenvalue weighted by Crippen LogP contribution is -2.31. The van der Waals surface area contributed by atoms with Gasteiger partial charge in [0.2, 0.25) is 0 Å². The van der Waals surface area contributed by atoms with Crippen LogP contribution >= 0.6 is 11.6 Å². The number of alkyl halides is 6. The summed E-state index contributed by atoms with van der Waals surface area (Å²) >= 11 is 6.16. The number of rotatable bonds is 2. The van der Waals surface area contributed by atoms with Gasteiger partial charge < -0.3 is 10.1 Å². The van der Waals surface area contributed by atoms with Crippen molar-refractivity contribution < 1.29 is 35.5 Å². The van der Waals surface area contributed by atoms with Crippen molar-refractivity contribution in [3.8, 4) is 5.75 Å². The predicted molar refractivity (Wildman–Crippen MR) is 95.9 cm³/mol. The van der Waals surface area contributed by atoms with Crippen LogP contribution in [0.5, 0.6) is 5.75 Å². The van der Waals surface area contributed by atoms with Crippen LogP contribution in [0, 0.1) is 11.7 Å². The molecule has 0 fully saturated rings. The largest absolute Gasteiger partial charge is 0.573 e. The van der Waals surface area contributed by atoms with E-state index < -0.39 is 47.5 Å². The Labute approximate surface area is 171 Å². The van der Waals surface area contributed by atoms with Gasteiger partial charge in [-0.2, -0.15) is 13.2 Å². The lowest BCUT2D eigenvalue weighted by molar-refractivity contribution is -0.274. The first kappa shape index (κ1) is 20.8. The average molecular weight is 452 g/mol. The van der Waals surface area contributed by atoms with Crippen LogP contribution in [-0.2, 0) is 6.18 Å². The second kappa shape index (κ2) is 7.08. The Morgan fingerprint density at radius 3 is 2.40 bits per heavy atom. The van der Waals surface area contributed by atoms with Gasteiger partial charge in [0, 0.05) is 12.0 Å². The maximum Gasteiger partial charge on any atom is 0.573 e. The van der Waals surface area contributed by atoms with Gasteiger partial charge in [0.15, 0.2) is 0 Å². The molecule has 1 aliphatic heterocycles. The highest BCUT2D eigenvalue weighted by Crippen LogP contribution is 2.54. The molecule has 2 aromatic rings. The summed E-state index contributed by atoms with van der Waals surface area (Å²) in [5.74, 6) is -2.44. The van der Waals surface area contributed by atoms with Crippen molar-refractivity contribution >= 4 is 17.3 Å². The molecule has 2 aliphatic rings. The van der Waals surface area contributed by atoms with Gasteiger partial charge in [-0.15, -0.1) is 13.2 Å². The molecular weight excluding hydrogens is 439 g/mol. The van der Waals surface area contributed by atoms with Crippen molar-refractivity contribution in [2.45, 2.75) is 30.9 Å². The van der Waals surface area contributed by atoms with Crippen molar-refractivity contribution in [3.05, 3.63) is 70.0 Å². The molecule has 2 aromatic carbocycles. The van der Waals surface area contributed by atoms with Gasteiger partial charge in [0.25, 0.3) is 0 Å². The summed E-state index contributed by atoms with van der Waals surface area (Å²) in [7, 11) is 0. The first-order chi connectivity index (χ1) is 13.9. The van der Waals surface area contributed by atoms with Crippen LogP contribution < -0.4 is 10.1 Å². The monoisotopic (exact) mass is 451 g/mol. The summed E-state index contributed by atoms with van der Waals surface area (Å²) in [5.41, 5.74) is -0.643. The first-order valence-corrected chi connectivity index (χ1v) is 9.21. The Balaban J connectivity index is 1.81. The van der Waals surface area contributed by atoms with E-state index in [2.05, 4.69) is 10.1 Å². The van der Waals surface area contributed by atoms with Gasteiger partial charge >= 0.3 is 12.5 Å². The maximum absolute atomic E-state index is 13.6. The molecule has 1 N–H and O–H groups in total. The molecule has 0 aromatic heterocycles. The molecular formula is C20H13ClF7NO. The number of allylic oxidation sites excluding steroid dienone is 2. The Morgan fingerprint density at radius 1 is 1.00 bits per heavy atom. The summed E-state index contributed by atoms with van der Waals surface area (Å²) in [5, 5.41) is 2.82. The van der Waals surface area contributed by atoms with E-state index in [-0.39, 0.29) is 16.3 Å². The molecule has 0 saturated heterocycles. The molecule has 1 aliphatic carbocycles. The third-order valence-electron chi connectivity index (χ3n) is 5.28. The summed E-state index contributed by atoms with van der Waals surface area (Å²) < 4.78 is 96.0. The highest BCUT2D eigenvalue weighted by atomic mass is 35.5. The van der Waals surface area contributed by atoms with Crippen molar-refractivity contribution in [3.63, 3.8) is 0 Å². The number of anilines is 1. The molecule has 3 atom stereocenters. The van der Waals surface area contributed by atoms with E-state index in [1.165, 1.54) is 6.07 Å². The van der Waals surface area contributed by atoms with Crippen LogP contribution in [0.25, 0.3) is 0 Å². The molecule has 2 nitrogen and oxygen atoms in total. The molecule has 0 radical (unpaired) electrons. The molecule has 1 heterocycles. The summed E-state index contributed by atoms with van der Waals surface area (Å²) in [6.07, 6.45) is -5.83. The summed E-state index contributed by atoms with van der Waals surface area (Å²) in [6, 6.07) is 3.71. The minimum Gasteiger partial charge on any atom is -0.406 e. The van der Waals surface area contributed by atoms with E-state index in [0.29, 0.717) is 18.1 Å². The van der Waals surface area contributed by atoms with Gasteiger partial charge in [-0.05, 0) is 41.7 Å². The van der Waals surface area contributed by atoms with Gasteiger partial charge in [-0.3, -0.25) is 0 Å².